The molecule has 0 aromatic rings. The molecule has 0 amide bonds. The van der Waals surface area contributed by atoms with Crippen LogP contribution in [0.25, 0.3) is 0 Å². The third-order valence-electron chi connectivity index (χ3n) is 4.03. The third kappa shape index (κ3) is 3.14. The molecule has 1 saturated carbocycles. The van der Waals surface area contributed by atoms with Crippen LogP contribution >= 0.6 is 11.8 Å². The van der Waals surface area contributed by atoms with E-state index in [1.165, 1.54) is 45.3 Å². The van der Waals surface area contributed by atoms with Crippen molar-refractivity contribution in [2.75, 3.05) is 25.9 Å². The molecule has 16 heavy (non-hydrogen) atoms. The number of rotatable bonds is 2. The maximum absolute atomic E-state index is 3.65. The molecule has 0 bridgehead atoms. The molecule has 2 nitrogen and oxygen atoms in total. The van der Waals surface area contributed by atoms with Crippen LogP contribution in [0.15, 0.2) is 0 Å². The fraction of sp³-hybridized carbons (Fsp3) is 1.00. The van der Waals surface area contributed by atoms with E-state index in [1.54, 1.807) is 0 Å². The fourth-order valence-corrected chi connectivity index (χ4v) is 3.91. The van der Waals surface area contributed by atoms with Gasteiger partial charge in [0.2, 0.25) is 0 Å². The molecule has 1 aliphatic carbocycles. The smallest absolute Gasteiger partial charge is 0.0252 e. The molecule has 2 aliphatic rings. The third-order valence-corrected chi connectivity index (χ3v) is 5.13. The average Bonchev–Trinajstić information content (AvgIpc) is 2.64. The Labute approximate surface area is 105 Å². The van der Waals surface area contributed by atoms with Crippen LogP contribution in [0.3, 0.4) is 0 Å². The zero-order valence-electron chi connectivity index (χ0n) is 11.0. The molecule has 2 rings (SSSR count). The van der Waals surface area contributed by atoms with E-state index in [-0.39, 0.29) is 0 Å². The van der Waals surface area contributed by atoms with E-state index in [1.807, 2.05) is 0 Å². The van der Waals surface area contributed by atoms with Gasteiger partial charge >= 0.3 is 0 Å². The first-order valence-corrected chi connectivity index (χ1v) is 7.91. The molecule has 94 valence electrons. The predicted molar refractivity (Wildman–Crippen MR) is 73.2 cm³/mol. The van der Waals surface area contributed by atoms with Gasteiger partial charge in [0, 0.05) is 23.4 Å². The summed E-state index contributed by atoms with van der Waals surface area (Å²) in [6.07, 6.45) is 7.83. The Morgan fingerprint density at radius 1 is 1.31 bits per heavy atom. The van der Waals surface area contributed by atoms with E-state index in [0.717, 1.165) is 11.3 Å². The second-order valence-electron chi connectivity index (χ2n) is 5.96. The van der Waals surface area contributed by atoms with Gasteiger partial charge in [0.05, 0.1) is 0 Å². The van der Waals surface area contributed by atoms with E-state index < -0.39 is 0 Å². The molecule has 2 atom stereocenters. The Balaban J connectivity index is 1.93. The molecule has 0 aromatic heterocycles. The number of nitrogens with zero attached hydrogens (tertiary/aromatic N) is 1. The SMILES string of the molecule is CSC1CCC(N2CCCNC(C)(C)C2)C1. The molecule has 0 radical (unpaired) electrons. The fourth-order valence-electron chi connectivity index (χ4n) is 3.13. The first kappa shape index (κ1) is 12.7. The molecule has 1 aliphatic heterocycles. The summed E-state index contributed by atoms with van der Waals surface area (Å²) in [4.78, 5) is 2.75. The van der Waals surface area contributed by atoms with Crippen molar-refractivity contribution in [3.05, 3.63) is 0 Å². The Morgan fingerprint density at radius 2 is 2.12 bits per heavy atom. The largest absolute Gasteiger partial charge is 0.310 e. The minimum absolute atomic E-state index is 0.300. The van der Waals surface area contributed by atoms with Gasteiger partial charge in [-0.1, -0.05) is 0 Å². The van der Waals surface area contributed by atoms with Gasteiger partial charge in [-0.05, 0) is 58.9 Å². The average molecular weight is 242 g/mol. The van der Waals surface area contributed by atoms with Crippen LogP contribution in [0, 0.1) is 0 Å². The van der Waals surface area contributed by atoms with E-state index in [2.05, 4.69) is 42.1 Å². The molecule has 1 heterocycles. The summed E-state index contributed by atoms with van der Waals surface area (Å²) >= 11 is 2.06. The minimum atomic E-state index is 0.300. The molecule has 0 spiro atoms. The highest BCUT2D eigenvalue weighted by Crippen LogP contribution is 2.32. The number of hydrogen-bond donors (Lipinski definition) is 1. The first-order chi connectivity index (χ1) is 7.61. The van der Waals surface area contributed by atoms with Gasteiger partial charge in [-0.3, -0.25) is 4.90 Å². The molecule has 1 saturated heterocycles. The minimum Gasteiger partial charge on any atom is -0.310 e. The van der Waals surface area contributed by atoms with Crippen molar-refractivity contribution in [3.63, 3.8) is 0 Å². The van der Waals surface area contributed by atoms with Crippen molar-refractivity contribution in [2.45, 2.75) is 56.4 Å². The van der Waals surface area contributed by atoms with Crippen molar-refractivity contribution < 1.29 is 0 Å². The second-order valence-corrected chi connectivity index (χ2v) is 7.10. The van der Waals surface area contributed by atoms with Crippen LogP contribution in [0.2, 0.25) is 0 Å². The van der Waals surface area contributed by atoms with Crippen LogP contribution in [0.4, 0.5) is 0 Å². The van der Waals surface area contributed by atoms with Crippen LogP contribution in [-0.2, 0) is 0 Å². The summed E-state index contributed by atoms with van der Waals surface area (Å²) in [5.74, 6) is 0. The van der Waals surface area contributed by atoms with Crippen molar-refractivity contribution in [1.82, 2.24) is 10.2 Å². The highest BCUT2D eigenvalue weighted by atomic mass is 32.2. The van der Waals surface area contributed by atoms with Gasteiger partial charge in [0.25, 0.3) is 0 Å². The molecule has 3 heteroatoms. The van der Waals surface area contributed by atoms with Crippen LogP contribution < -0.4 is 5.32 Å². The van der Waals surface area contributed by atoms with Gasteiger partial charge in [0.15, 0.2) is 0 Å². The summed E-state index contributed by atoms with van der Waals surface area (Å²) in [6, 6.07) is 0.858. The van der Waals surface area contributed by atoms with Crippen LogP contribution in [0.1, 0.15) is 39.5 Å². The van der Waals surface area contributed by atoms with E-state index >= 15 is 0 Å². The van der Waals surface area contributed by atoms with E-state index in [0.29, 0.717) is 5.54 Å². The molecule has 2 unspecified atom stereocenters. The number of hydrogen-bond acceptors (Lipinski definition) is 3. The Bertz CT molecular complexity index is 230. The van der Waals surface area contributed by atoms with Crippen molar-refractivity contribution >= 4 is 11.8 Å². The van der Waals surface area contributed by atoms with Gasteiger partial charge in [-0.25, -0.2) is 0 Å². The standard InChI is InChI=1S/C13H26N2S/c1-13(2)10-15(8-4-7-14-13)11-5-6-12(9-11)16-3/h11-12,14H,4-10H2,1-3H3. The maximum atomic E-state index is 3.65. The lowest BCUT2D eigenvalue weighted by molar-refractivity contribution is 0.171. The van der Waals surface area contributed by atoms with Crippen LogP contribution in [0.5, 0.6) is 0 Å². The molecular weight excluding hydrogens is 216 g/mol. The summed E-state index contributed by atoms with van der Waals surface area (Å²) in [5.41, 5.74) is 0.300. The zero-order valence-corrected chi connectivity index (χ0v) is 11.8. The lowest BCUT2D eigenvalue weighted by Crippen LogP contribution is -2.48. The van der Waals surface area contributed by atoms with Crippen molar-refractivity contribution in [3.8, 4) is 0 Å². The normalized spacial score (nSPS) is 36.2. The van der Waals surface area contributed by atoms with Crippen molar-refractivity contribution in [2.24, 2.45) is 0 Å². The molecule has 1 N–H and O–H groups in total. The molecular formula is C13H26N2S. The van der Waals surface area contributed by atoms with Gasteiger partial charge in [-0.2, -0.15) is 11.8 Å². The highest BCUT2D eigenvalue weighted by Gasteiger charge is 2.32. The van der Waals surface area contributed by atoms with Gasteiger partial charge in [0.1, 0.15) is 0 Å². The molecule has 0 aromatic carbocycles. The molecule has 2 fully saturated rings. The Hall–Kier alpha value is 0.270. The zero-order chi connectivity index (χ0) is 11.6. The summed E-state index contributed by atoms with van der Waals surface area (Å²) in [6.45, 7) is 8.38. The number of thioether (sulfide) groups is 1. The summed E-state index contributed by atoms with van der Waals surface area (Å²) < 4.78 is 0. The van der Waals surface area contributed by atoms with Crippen molar-refractivity contribution in [1.29, 1.82) is 0 Å². The first-order valence-electron chi connectivity index (χ1n) is 6.62. The van der Waals surface area contributed by atoms with Gasteiger partial charge < -0.3 is 5.32 Å². The van der Waals surface area contributed by atoms with Crippen LogP contribution in [-0.4, -0.2) is 47.6 Å². The summed E-state index contributed by atoms with van der Waals surface area (Å²) in [5, 5.41) is 4.57. The lowest BCUT2D eigenvalue weighted by atomic mass is 10.0. The lowest BCUT2D eigenvalue weighted by Gasteiger charge is -2.34. The predicted octanol–water partition coefficient (Wildman–Crippen LogP) is 2.34. The van der Waals surface area contributed by atoms with Gasteiger partial charge in [-0.15, -0.1) is 0 Å². The summed E-state index contributed by atoms with van der Waals surface area (Å²) in [7, 11) is 0. The highest BCUT2D eigenvalue weighted by molar-refractivity contribution is 7.99. The van der Waals surface area contributed by atoms with E-state index in [4.69, 9.17) is 0 Å². The quantitative estimate of drug-likeness (QED) is 0.800. The Kier molecular flexibility index (Phi) is 4.20. The topological polar surface area (TPSA) is 15.3 Å². The monoisotopic (exact) mass is 242 g/mol. The maximum Gasteiger partial charge on any atom is 0.0252 e. The number of nitrogens with one attached hydrogen (secondary N) is 1. The van der Waals surface area contributed by atoms with E-state index in [9.17, 15) is 0 Å². The second kappa shape index (κ2) is 5.28. The Morgan fingerprint density at radius 3 is 2.81 bits per heavy atom.